The SMILES string of the molecule is C=CCc1ccccc1OCc1nc2ccccc2n1CC(C)C. The topological polar surface area (TPSA) is 27.1 Å². The molecule has 124 valence electrons. The van der Waals surface area contributed by atoms with E-state index < -0.39 is 0 Å². The Hall–Kier alpha value is -2.55. The maximum atomic E-state index is 6.10. The number of hydrogen-bond acceptors (Lipinski definition) is 2. The fourth-order valence-electron chi connectivity index (χ4n) is 2.92. The molecular formula is C21H24N2O. The smallest absolute Gasteiger partial charge is 0.148 e. The van der Waals surface area contributed by atoms with Crippen LogP contribution in [0.1, 0.15) is 25.2 Å². The van der Waals surface area contributed by atoms with E-state index in [1.807, 2.05) is 30.3 Å². The van der Waals surface area contributed by atoms with Gasteiger partial charge in [-0.2, -0.15) is 0 Å². The lowest BCUT2D eigenvalue weighted by molar-refractivity contribution is 0.285. The van der Waals surface area contributed by atoms with Gasteiger partial charge in [0, 0.05) is 6.54 Å². The molecular weight excluding hydrogens is 296 g/mol. The maximum Gasteiger partial charge on any atom is 0.148 e. The largest absolute Gasteiger partial charge is 0.485 e. The minimum absolute atomic E-state index is 0.468. The number of nitrogens with zero attached hydrogens (tertiary/aromatic N) is 2. The first-order chi connectivity index (χ1) is 11.7. The Morgan fingerprint density at radius 1 is 1.12 bits per heavy atom. The monoisotopic (exact) mass is 320 g/mol. The standard InChI is InChI=1S/C21H24N2O/c1-4-9-17-10-5-8-13-20(17)24-15-21-22-18-11-6-7-12-19(18)23(21)14-16(2)3/h4-8,10-13,16H,1,9,14-15H2,2-3H3. The molecule has 3 nitrogen and oxygen atoms in total. The van der Waals surface area contributed by atoms with Crippen LogP contribution in [0.3, 0.4) is 0 Å². The fraction of sp³-hybridized carbons (Fsp3) is 0.286. The van der Waals surface area contributed by atoms with Gasteiger partial charge in [-0.25, -0.2) is 4.98 Å². The summed E-state index contributed by atoms with van der Waals surface area (Å²) in [7, 11) is 0. The number of para-hydroxylation sites is 3. The summed E-state index contributed by atoms with van der Waals surface area (Å²) < 4.78 is 8.37. The van der Waals surface area contributed by atoms with Crippen LogP contribution >= 0.6 is 0 Å². The van der Waals surface area contributed by atoms with E-state index in [1.54, 1.807) is 0 Å². The van der Waals surface area contributed by atoms with E-state index in [1.165, 1.54) is 5.52 Å². The van der Waals surface area contributed by atoms with Gasteiger partial charge in [-0.15, -0.1) is 6.58 Å². The predicted octanol–water partition coefficient (Wildman–Crippen LogP) is 5.00. The lowest BCUT2D eigenvalue weighted by Crippen LogP contribution is -2.11. The summed E-state index contributed by atoms with van der Waals surface area (Å²) in [6, 6.07) is 16.4. The Morgan fingerprint density at radius 3 is 2.67 bits per heavy atom. The third kappa shape index (κ3) is 3.51. The number of ether oxygens (including phenoxy) is 1. The number of fused-ring (bicyclic) bond motifs is 1. The van der Waals surface area contributed by atoms with Crippen molar-refractivity contribution in [2.24, 2.45) is 5.92 Å². The normalized spacial score (nSPS) is 11.1. The van der Waals surface area contributed by atoms with Crippen LogP contribution in [0.4, 0.5) is 0 Å². The maximum absolute atomic E-state index is 6.10. The zero-order valence-electron chi connectivity index (χ0n) is 14.4. The molecule has 0 atom stereocenters. The van der Waals surface area contributed by atoms with Crippen LogP contribution in [0.25, 0.3) is 11.0 Å². The van der Waals surface area contributed by atoms with Crippen molar-refractivity contribution in [1.29, 1.82) is 0 Å². The summed E-state index contributed by atoms with van der Waals surface area (Å²) in [6.07, 6.45) is 2.70. The molecule has 0 unspecified atom stereocenters. The first-order valence-electron chi connectivity index (χ1n) is 8.44. The minimum Gasteiger partial charge on any atom is -0.485 e. The van der Waals surface area contributed by atoms with E-state index in [-0.39, 0.29) is 0 Å². The van der Waals surface area contributed by atoms with E-state index in [9.17, 15) is 0 Å². The van der Waals surface area contributed by atoms with Crippen LogP contribution in [-0.2, 0) is 19.6 Å². The van der Waals surface area contributed by atoms with Gasteiger partial charge in [-0.1, -0.05) is 50.3 Å². The Bertz CT molecular complexity index is 833. The van der Waals surface area contributed by atoms with Crippen molar-refractivity contribution in [2.75, 3.05) is 0 Å². The number of hydrogen-bond donors (Lipinski definition) is 0. The lowest BCUT2D eigenvalue weighted by Gasteiger charge is -2.14. The molecule has 0 saturated carbocycles. The Kier molecular flexibility index (Phi) is 4.99. The van der Waals surface area contributed by atoms with Crippen LogP contribution < -0.4 is 4.74 Å². The van der Waals surface area contributed by atoms with Crippen molar-refractivity contribution in [1.82, 2.24) is 9.55 Å². The fourth-order valence-corrected chi connectivity index (χ4v) is 2.92. The summed E-state index contributed by atoms with van der Waals surface area (Å²) in [5.74, 6) is 2.42. The minimum atomic E-state index is 0.468. The summed E-state index contributed by atoms with van der Waals surface area (Å²) in [6.45, 7) is 9.67. The van der Waals surface area contributed by atoms with E-state index in [0.29, 0.717) is 12.5 Å². The lowest BCUT2D eigenvalue weighted by atomic mass is 10.1. The van der Waals surface area contributed by atoms with Gasteiger partial charge in [0.15, 0.2) is 0 Å². The summed E-state index contributed by atoms with van der Waals surface area (Å²) in [5, 5.41) is 0. The number of rotatable bonds is 7. The summed E-state index contributed by atoms with van der Waals surface area (Å²) in [4.78, 5) is 4.77. The van der Waals surface area contributed by atoms with Gasteiger partial charge in [0.2, 0.25) is 0 Å². The van der Waals surface area contributed by atoms with E-state index in [0.717, 1.165) is 35.6 Å². The van der Waals surface area contributed by atoms with Gasteiger partial charge in [0.1, 0.15) is 18.2 Å². The van der Waals surface area contributed by atoms with E-state index in [4.69, 9.17) is 9.72 Å². The molecule has 3 aromatic rings. The molecule has 0 fully saturated rings. The van der Waals surface area contributed by atoms with Crippen molar-refractivity contribution in [3.05, 3.63) is 72.6 Å². The molecule has 3 heteroatoms. The van der Waals surface area contributed by atoms with Gasteiger partial charge in [-0.05, 0) is 36.1 Å². The average Bonchev–Trinajstić information content (AvgIpc) is 2.92. The van der Waals surface area contributed by atoms with Crippen LogP contribution in [-0.4, -0.2) is 9.55 Å². The molecule has 3 rings (SSSR count). The quantitative estimate of drug-likeness (QED) is 0.573. The van der Waals surface area contributed by atoms with E-state index in [2.05, 4.69) is 49.3 Å². The number of imidazole rings is 1. The highest BCUT2D eigenvalue weighted by molar-refractivity contribution is 5.75. The molecule has 0 radical (unpaired) electrons. The second kappa shape index (κ2) is 7.35. The second-order valence-electron chi connectivity index (χ2n) is 6.41. The molecule has 0 bridgehead atoms. The van der Waals surface area contributed by atoms with Crippen molar-refractivity contribution in [3.63, 3.8) is 0 Å². The molecule has 0 amide bonds. The average molecular weight is 320 g/mol. The van der Waals surface area contributed by atoms with Gasteiger partial charge >= 0.3 is 0 Å². The molecule has 0 aliphatic rings. The highest BCUT2D eigenvalue weighted by atomic mass is 16.5. The highest BCUT2D eigenvalue weighted by Crippen LogP contribution is 2.22. The van der Waals surface area contributed by atoms with Gasteiger partial charge in [-0.3, -0.25) is 0 Å². The summed E-state index contributed by atoms with van der Waals surface area (Å²) in [5.41, 5.74) is 3.35. The Labute approximate surface area is 143 Å². The first kappa shape index (κ1) is 16.3. The molecule has 0 aliphatic heterocycles. The molecule has 1 aromatic heterocycles. The highest BCUT2D eigenvalue weighted by Gasteiger charge is 2.12. The number of allylic oxidation sites excluding steroid dienone is 1. The van der Waals surface area contributed by atoms with Crippen LogP contribution in [0, 0.1) is 5.92 Å². The van der Waals surface area contributed by atoms with Crippen molar-refractivity contribution in [3.8, 4) is 5.75 Å². The molecule has 2 aromatic carbocycles. The first-order valence-corrected chi connectivity index (χ1v) is 8.44. The molecule has 0 saturated heterocycles. The number of benzene rings is 2. The van der Waals surface area contributed by atoms with Crippen LogP contribution in [0.2, 0.25) is 0 Å². The molecule has 0 N–H and O–H groups in total. The zero-order valence-corrected chi connectivity index (χ0v) is 14.4. The Morgan fingerprint density at radius 2 is 1.88 bits per heavy atom. The third-order valence-electron chi connectivity index (χ3n) is 3.97. The second-order valence-corrected chi connectivity index (χ2v) is 6.41. The van der Waals surface area contributed by atoms with Gasteiger partial charge < -0.3 is 9.30 Å². The molecule has 1 heterocycles. The van der Waals surface area contributed by atoms with Gasteiger partial charge in [0.25, 0.3) is 0 Å². The zero-order chi connectivity index (χ0) is 16.9. The Balaban J connectivity index is 1.88. The van der Waals surface area contributed by atoms with Crippen molar-refractivity contribution >= 4 is 11.0 Å². The molecule has 0 spiro atoms. The summed E-state index contributed by atoms with van der Waals surface area (Å²) >= 11 is 0. The van der Waals surface area contributed by atoms with Gasteiger partial charge in [0.05, 0.1) is 11.0 Å². The van der Waals surface area contributed by atoms with Crippen molar-refractivity contribution in [2.45, 2.75) is 33.4 Å². The van der Waals surface area contributed by atoms with Crippen LogP contribution in [0.5, 0.6) is 5.75 Å². The van der Waals surface area contributed by atoms with E-state index >= 15 is 0 Å². The van der Waals surface area contributed by atoms with Crippen LogP contribution in [0.15, 0.2) is 61.2 Å². The molecule has 0 aliphatic carbocycles. The predicted molar refractivity (Wildman–Crippen MR) is 99.2 cm³/mol. The van der Waals surface area contributed by atoms with Crippen molar-refractivity contribution < 1.29 is 4.74 Å². The number of aromatic nitrogens is 2. The third-order valence-corrected chi connectivity index (χ3v) is 3.97. The molecule has 24 heavy (non-hydrogen) atoms.